The maximum Gasteiger partial charge on any atom is 0.250 e. The molecule has 0 amide bonds. The molecule has 2 heterocycles. The minimum atomic E-state index is -0.00656. The molecule has 0 fully saturated rings. The van der Waals surface area contributed by atoms with Crippen LogP contribution in [0, 0.1) is 0 Å². The van der Waals surface area contributed by atoms with Crippen LogP contribution in [0.4, 0.5) is 0 Å². The second-order valence-electron chi connectivity index (χ2n) is 6.57. The van der Waals surface area contributed by atoms with E-state index in [0.717, 1.165) is 35.4 Å². The molecule has 0 saturated carbocycles. The molecule has 0 N–H and O–H groups in total. The second kappa shape index (κ2) is 8.44. The van der Waals surface area contributed by atoms with Crippen LogP contribution < -0.4 is 10.3 Å². The number of halogens is 1. The molecule has 3 aromatic rings. The van der Waals surface area contributed by atoms with Gasteiger partial charge in [-0.15, -0.1) is 0 Å². The van der Waals surface area contributed by atoms with Gasteiger partial charge >= 0.3 is 0 Å². The van der Waals surface area contributed by atoms with Gasteiger partial charge in [0.2, 0.25) is 0 Å². The normalized spacial score (nSPS) is 12.1. The van der Waals surface area contributed by atoms with Gasteiger partial charge in [-0.2, -0.15) is 5.10 Å². The third kappa shape index (κ3) is 4.42. The van der Waals surface area contributed by atoms with Crippen LogP contribution in [0.1, 0.15) is 33.6 Å². The monoisotopic (exact) mass is 385 g/mol. The number of rotatable bonds is 7. The van der Waals surface area contributed by atoms with Gasteiger partial charge in [-0.3, -0.25) is 4.79 Å². The van der Waals surface area contributed by atoms with Gasteiger partial charge in [0.05, 0.1) is 23.0 Å². The standard InChI is InChI=1S/C21H24ClN3O2/c1-4-10-24-14-17(6-9-21(24)26)25-13-16(12-23-25)19-8-7-18(11-20(19)22)27-15(3)5-2/h6-9,11-15H,4-5,10H2,1-3H3. The minimum Gasteiger partial charge on any atom is -0.491 e. The van der Waals surface area contributed by atoms with Crippen LogP contribution in [0.3, 0.4) is 0 Å². The van der Waals surface area contributed by atoms with Crippen LogP contribution in [0.15, 0.2) is 53.7 Å². The van der Waals surface area contributed by atoms with Crippen LogP contribution in [0.2, 0.25) is 5.02 Å². The highest BCUT2D eigenvalue weighted by atomic mass is 35.5. The Kier molecular flexibility index (Phi) is 6.01. The molecule has 6 heteroatoms. The predicted molar refractivity (Wildman–Crippen MR) is 109 cm³/mol. The summed E-state index contributed by atoms with van der Waals surface area (Å²) in [5, 5.41) is 5.05. The van der Waals surface area contributed by atoms with Crippen molar-refractivity contribution in [3.05, 3.63) is 64.3 Å². The van der Waals surface area contributed by atoms with E-state index in [4.69, 9.17) is 16.3 Å². The summed E-state index contributed by atoms with van der Waals surface area (Å²) >= 11 is 6.47. The first-order chi connectivity index (χ1) is 13.0. The summed E-state index contributed by atoms with van der Waals surface area (Å²) < 4.78 is 9.27. The Morgan fingerprint density at radius 2 is 2.00 bits per heavy atom. The Labute approximate surface area is 164 Å². The second-order valence-corrected chi connectivity index (χ2v) is 6.98. The quantitative estimate of drug-likeness (QED) is 0.578. The average Bonchev–Trinajstić information content (AvgIpc) is 3.13. The van der Waals surface area contributed by atoms with Gasteiger partial charge in [0.25, 0.3) is 5.56 Å². The van der Waals surface area contributed by atoms with E-state index in [1.54, 1.807) is 27.6 Å². The Bertz CT molecular complexity index is 978. The van der Waals surface area contributed by atoms with E-state index in [1.807, 2.05) is 44.4 Å². The van der Waals surface area contributed by atoms with Gasteiger partial charge in [0, 0.05) is 36.1 Å². The molecular formula is C21H24ClN3O2. The summed E-state index contributed by atoms with van der Waals surface area (Å²) in [6, 6.07) is 9.05. The first-order valence-electron chi connectivity index (χ1n) is 9.24. The van der Waals surface area contributed by atoms with Crippen LogP contribution in [-0.2, 0) is 6.54 Å². The van der Waals surface area contributed by atoms with Gasteiger partial charge in [-0.1, -0.05) is 25.4 Å². The molecule has 3 rings (SSSR count). The number of hydrogen-bond donors (Lipinski definition) is 0. The number of ether oxygens (including phenoxy) is 1. The topological polar surface area (TPSA) is 49.0 Å². The maximum atomic E-state index is 11.9. The summed E-state index contributed by atoms with van der Waals surface area (Å²) in [7, 11) is 0. The van der Waals surface area contributed by atoms with Crippen molar-refractivity contribution in [1.29, 1.82) is 0 Å². The predicted octanol–water partition coefficient (Wildman–Crippen LogP) is 4.94. The summed E-state index contributed by atoms with van der Waals surface area (Å²) in [6.45, 7) is 6.84. The van der Waals surface area contributed by atoms with E-state index in [9.17, 15) is 4.79 Å². The highest BCUT2D eigenvalue weighted by Gasteiger charge is 2.10. The summed E-state index contributed by atoms with van der Waals surface area (Å²) in [4.78, 5) is 11.9. The number of nitrogens with zero attached hydrogens (tertiary/aromatic N) is 3. The molecule has 1 aromatic carbocycles. The first kappa shape index (κ1) is 19.2. The van der Waals surface area contributed by atoms with E-state index in [-0.39, 0.29) is 11.7 Å². The van der Waals surface area contributed by atoms with Crippen molar-refractivity contribution < 1.29 is 4.74 Å². The van der Waals surface area contributed by atoms with Crippen LogP contribution in [-0.4, -0.2) is 20.5 Å². The van der Waals surface area contributed by atoms with Gasteiger partial charge in [0.15, 0.2) is 0 Å². The smallest absolute Gasteiger partial charge is 0.250 e. The van der Waals surface area contributed by atoms with Gasteiger partial charge in [-0.05, 0) is 44.0 Å². The van der Waals surface area contributed by atoms with Crippen molar-refractivity contribution in [2.24, 2.45) is 0 Å². The lowest BCUT2D eigenvalue weighted by atomic mass is 10.1. The molecule has 0 bridgehead atoms. The van der Waals surface area contributed by atoms with Crippen molar-refractivity contribution in [2.45, 2.75) is 46.3 Å². The number of hydrogen-bond acceptors (Lipinski definition) is 3. The van der Waals surface area contributed by atoms with Crippen LogP contribution in [0.5, 0.6) is 5.75 Å². The maximum absolute atomic E-state index is 11.9. The highest BCUT2D eigenvalue weighted by molar-refractivity contribution is 6.33. The molecule has 0 aliphatic heterocycles. The highest BCUT2D eigenvalue weighted by Crippen LogP contribution is 2.31. The van der Waals surface area contributed by atoms with Gasteiger partial charge < -0.3 is 9.30 Å². The minimum absolute atomic E-state index is 0.00656. The molecule has 142 valence electrons. The third-order valence-corrected chi connectivity index (χ3v) is 4.76. The molecule has 0 aliphatic carbocycles. The van der Waals surface area contributed by atoms with Crippen LogP contribution in [0.25, 0.3) is 16.8 Å². The molecule has 0 saturated heterocycles. The first-order valence-corrected chi connectivity index (χ1v) is 9.61. The molecule has 2 aromatic heterocycles. The van der Waals surface area contributed by atoms with Gasteiger partial charge in [0.1, 0.15) is 5.75 Å². The summed E-state index contributed by atoms with van der Waals surface area (Å²) in [6.07, 6.45) is 7.49. The van der Waals surface area contributed by atoms with E-state index < -0.39 is 0 Å². The molecule has 27 heavy (non-hydrogen) atoms. The molecule has 0 aliphatic rings. The fraction of sp³-hybridized carbons (Fsp3) is 0.333. The Morgan fingerprint density at radius 1 is 1.19 bits per heavy atom. The van der Waals surface area contributed by atoms with Crippen molar-refractivity contribution >= 4 is 11.6 Å². The molecule has 1 unspecified atom stereocenters. The molecular weight excluding hydrogens is 362 g/mol. The zero-order valence-corrected chi connectivity index (χ0v) is 16.6. The Hall–Kier alpha value is -2.53. The van der Waals surface area contributed by atoms with E-state index >= 15 is 0 Å². The van der Waals surface area contributed by atoms with Crippen LogP contribution >= 0.6 is 11.6 Å². The van der Waals surface area contributed by atoms with Crippen molar-refractivity contribution in [3.8, 4) is 22.6 Å². The van der Waals surface area contributed by atoms with E-state index in [1.165, 1.54) is 0 Å². The zero-order valence-electron chi connectivity index (χ0n) is 15.9. The fourth-order valence-corrected chi connectivity index (χ4v) is 3.07. The Morgan fingerprint density at radius 3 is 2.70 bits per heavy atom. The lowest BCUT2D eigenvalue weighted by molar-refractivity contribution is 0.217. The molecule has 0 radical (unpaired) electrons. The van der Waals surface area contributed by atoms with Crippen molar-refractivity contribution in [3.63, 3.8) is 0 Å². The molecule has 5 nitrogen and oxygen atoms in total. The average molecular weight is 386 g/mol. The summed E-state index contributed by atoms with van der Waals surface area (Å²) in [5.41, 5.74) is 2.62. The SMILES string of the molecule is CCCn1cc(-n2cc(-c3ccc(OC(C)CC)cc3Cl)cn2)ccc1=O. The number of aromatic nitrogens is 3. The fourth-order valence-electron chi connectivity index (χ4n) is 2.79. The molecule has 1 atom stereocenters. The van der Waals surface area contributed by atoms with Gasteiger partial charge in [-0.25, -0.2) is 4.68 Å². The van der Waals surface area contributed by atoms with Crippen molar-refractivity contribution in [1.82, 2.24) is 14.3 Å². The number of benzene rings is 1. The Balaban J connectivity index is 1.88. The summed E-state index contributed by atoms with van der Waals surface area (Å²) in [5.74, 6) is 0.761. The van der Waals surface area contributed by atoms with Crippen molar-refractivity contribution in [2.75, 3.05) is 0 Å². The van der Waals surface area contributed by atoms with E-state index in [0.29, 0.717) is 11.6 Å². The third-order valence-electron chi connectivity index (χ3n) is 4.44. The lowest BCUT2D eigenvalue weighted by Gasteiger charge is -2.13. The molecule has 0 spiro atoms. The number of pyridine rings is 1. The lowest BCUT2D eigenvalue weighted by Crippen LogP contribution is -2.19. The number of aryl methyl sites for hydroxylation is 1. The zero-order chi connectivity index (χ0) is 19.4. The largest absolute Gasteiger partial charge is 0.491 e. The van der Waals surface area contributed by atoms with E-state index in [2.05, 4.69) is 12.0 Å².